The second-order valence-corrected chi connectivity index (χ2v) is 6.92. The lowest BCUT2D eigenvalue weighted by molar-refractivity contribution is -0.148. The van der Waals surface area contributed by atoms with E-state index in [2.05, 4.69) is 5.32 Å². The van der Waals surface area contributed by atoms with Crippen molar-refractivity contribution < 1.29 is 28.5 Å². The predicted octanol–water partition coefficient (Wildman–Crippen LogP) is 3.40. The van der Waals surface area contributed by atoms with E-state index in [1.165, 1.54) is 0 Å². The average molecular weight is 420 g/mol. The molecular weight excluding hydrogens is 398 g/mol. The van der Waals surface area contributed by atoms with Crippen molar-refractivity contribution in [2.45, 2.75) is 26.3 Å². The lowest BCUT2D eigenvalue weighted by Gasteiger charge is -2.09. The Kier molecular flexibility index (Phi) is 7.19. The Morgan fingerprint density at radius 1 is 1.14 bits per heavy atom. The summed E-state index contributed by atoms with van der Waals surface area (Å²) in [4.78, 5) is 23.6. The SMILES string of the molecule is Cc1cc(Cl)ccc1OCCCC(=O)OCC(=O)NCc1ccc2c(c1)OCO2. The second-order valence-electron chi connectivity index (χ2n) is 6.49. The number of rotatable bonds is 9. The summed E-state index contributed by atoms with van der Waals surface area (Å²) in [6.45, 7) is 2.46. The number of hydrogen-bond acceptors (Lipinski definition) is 6. The van der Waals surface area contributed by atoms with Gasteiger partial charge in [0.15, 0.2) is 18.1 Å². The van der Waals surface area contributed by atoms with Gasteiger partial charge in [-0.2, -0.15) is 0 Å². The number of fused-ring (bicyclic) bond motifs is 1. The van der Waals surface area contributed by atoms with Crippen molar-refractivity contribution in [2.75, 3.05) is 20.0 Å². The number of halogens is 1. The van der Waals surface area contributed by atoms with Gasteiger partial charge in [0.2, 0.25) is 6.79 Å². The number of amides is 1. The van der Waals surface area contributed by atoms with Gasteiger partial charge < -0.3 is 24.3 Å². The molecule has 1 aliphatic rings. The minimum atomic E-state index is -0.445. The maximum absolute atomic E-state index is 11.9. The van der Waals surface area contributed by atoms with Crippen molar-refractivity contribution in [1.82, 2.24) is 5.32 Å². The standard InChI is InChI=1S/C21H22ClNO6/c1-14-9-16(22)5-7-17(14)26-8-2-3-21(25)27-12-20(24)23-11-15-4-6-18-19(10-15)29-13-28-18/h4-7,9-10H,2-3,8,11-13H2,1H3,(H,23,24). The van der Waals surface area contributed by atoms with E-state index in [0.717, 1.165) is 16.9 Å². The largest absolute Gasteiger partial charge is 0.493 e. The molecule has 154 valence electrons. The number of benzene rings is 2. The van der Waals surface area contributed by atoms with Crippen LogP contribution in [0.2, 0.25) is 5.02 Å². The summed E-state index contributed by atoms with van der Waals surface area (Å²) >= 11 is 5.90. The Balaban J connectivity index is 1.29. The first kappa shape index (κ1) is 20.8. The van der Waals surface area contributed by atoms with Crippen LogP contribution in [0.15, 0.2) is 36.4 Å². The lowest BCUT2D eigenvalue weighted by Crippen LogP contribution is -2.28. The molecule has 29 heavy (non-hydrogen) atoms. The molecule has 0 unspecified atom stereocenters. The van der Waals surface area contributed by atoms with Crippen LogP contribution in [0.4, 0.5) is 0 Å². The zero-order valence-corrected chi connectivity index (χ0v) is 16.8. The topological polar surface area (TPSA) is 83.1 Å². The van der Waals surface area contributed by atoms with Crippen LogP contribution < -0.4 is 19.5 Å². The van der Waals surface area contributed by atoms with Gasteiger partial charge in [-0.15, -0.1) is 0 Å². The highest BCUT2D eigenvalue weighted by Gasteiger charge is 2.14. The summed E-state index contributed by atoms with van der Waals surface area (Å²) in [6, 6.07) is 10.8. The summed E-state index contributed by atoms with van der Waals surface area (Å²) in [5.74, 6) is 1.25. The number of aryl methyl sites for hydroxylation is 1. The molecule has 7 nitrogen and oxygen atoms in total. The van der Waals surface area contributed by atoms with Gasteiger partial charge in [0, 0.05) is 18.0 Å². The number of carbonyl (C=O) groups excluding carboxylic acids is 2. The molecule has 0 aliphatic carbocycles. The van der Waals surface area contributed by atoms with Crippen molar-refractivity contribution in [2.24, 2.45) is 0 Å². The van der Waals surface area contributed by atoms with Crippen LogP contribution in [0.3, 0.4) is 0 Å². The fraction of sp³-hybridized carbons (Fsp3) is 0.333. The number of esters is 1. The summed E-state index contributed by atoms with van der Waals surface area (Å²) < 4.78 is 21.1. The van der Waals surface area contributed by atoms with Crippen LogP contribution >= 0.6 is 11.6 Å². The van der Waals surface area contributed by atoms with E-state index in [-0.39, 0.29) is 25.7 Å². The van der Waals surface area contributed by atoms with Crippen LogP contribution in [0.5, 0.6) is 17.2 Å². The van der Waals surface area contributed by atoms with E-state index in [1.54, 1.807) is 24.3 Å². The summed E-state index contributed by atoms with van der Waals surface area (Å²) in [5, 5.41) is 3.35. The Bertz CT molecular complexity index is 885. The molecule has 0 atom stereocenters. The molecule has 2 aromatic rings. The first-order valence-electron chi connectivity index (χ1n) is 9.21. The first-order valence-corrected chi connectivity index (χ1v) is 9.59. The number of ether oxygens (including phenoxy) is 4. The molecule has 0 aromatic heterocycles. The van der Waals surface area contributed by atoms with Crippen molar-refractivity contribution in [3.05, 3.63) is 52.5 Å². The summed E-state index contributed by atoms with van der Waals surface area (Å²) in [7, 11) is 0. The van der Waals surface area contributed by atoms with Crippen LogP contribution in [0, 0.1) is 6.92 Å². The Labute approximate surface area is 173 Å². The van der Waals surface area contributed by atoms with Gasteiger partial charge in [0.05, 0.1) is 6.61 Å². The molecule has 0 bridgehead atoms. The molecule has 3 rings (SSSR count). The Morgan fingerprint density at radius 2 is 1.97 bits per heavy atom. The van der Waals surface area contributed by atoms with Gasteiger partial charge in [0.1, 0.15) is 5.75 Å². The second kappa shape index (κ2) is 10.0. The lowest BCUT2D eigenvalue weighted by atomic mass is 10.2. The van der Waals surface area contributed by atoms with Crippen LogP contribution in [0.1, 0.15) is 24.0 Å². The molecule has 0 saturated carbocycles. The number of nitrogens with one attached hydrogen (secondary N) is 1. The molecule has 1 amide bonds. The van der Waals surface area contributed by atoms with E-state index in [0.29, 0.717) is 36.1 Å². The normalized spacial score (nSPS) is 11.8. The highest BCUT2D eigenvalue weighted by Crippen LogP contribution is 2.32. The zero-order chi connectivity index (χ0) is 20.6. The molecule has 1 N–H and O–H groups in total. The summed E-state index contributed by atoms with van der Waals surface area (Å²) in [5.41, 5.74) is 1.79. The Morgan fingerprint density at radius 3 is 2.79 bits per heavy atom. The van der Waals surface area contributed by atoms with E-state index in [1.807, 2.05) is 19.1 Å². The highest BCUT2D eigenvalue weighted by atomic mass is 35.5. The number of carbonyl (C=O) groups is 2. The molecule has 0 spiro atoms. The summed E-state index contributed by atoms with van der Waals surface area (Å²) in [6.07, 6.45) is 0.655. The van der Waals surface area contributed by atoms with E-state index in [4.69, 9.17) is 30.5 Å². The monoisotopic (exact) mass is 419 g/mol. The maximum atomic E-state index is 11.9. The predicted molar refractivity (Wildman–Crippen MR) is 106 cm³/mol. The van der Waals surface area contributed by atoms with Gasteiger partial charge in [-0.25, -0.2) is 0 Å². The minimum Gasteiger partial charge on any atom is -0.493 e. The van der Waals surface area contributed by atoms with Crippen molar-refractivity contribution in [3.8, 4) is 17.2 Å². The molecule has 0 radical (unpaired) electrons. The third-order valence-corrected chi connectivity index (χ3v) is 4.45. The van der Waals surface area contributed by atoms with Crippen molar-refractivity contribution >= 4 is 23.5 Å². The number of hydrogen-bond donors (Lipinski definition) is 1. The third kappa shape index (κ3) is 6.29. The molecule has 1 aliphatic heterocycles. The smallest absolute Gasteiger partial charge is 0.306 e. The van der Waals surface area contributed by atoms with Crippen molar-refractivity contribution in [3.63, 3.8) is 0 Å². The quantitative estimate of drug-likeness (QED) is 0.495. The molecule has 8 heteroatoms. The van der Waals surface area contributed by atoms with Crippen LogP contribution in [-0.4, -0.2) is 31.9 Å². The first-order chi connectivity index (χ1) is 14.0. The molecule has 0 saturated heterocycles. The maximum Gasteiger partial charge on any atom is 0.306 e. The molecule has 0 fully saturated rings. The van der Waals surface area contributed by atoms with E-state index >= 15 is 0 Å². The van der Waals surface area contributed by atoms with Crippen molar-refractivity contribution in [1.29, 1.82) is 0 Å². The van der Waals surface area contributed by atoms with Gasteiger partial charge in [-0.1, -0.05) is 17.7 Å². The van der Waals surface area contributed by atoms with Crippen LogP contribution in [-0.2, 0) is 20.9 Å². The van der Waals surface area contributed by atoms with Gasteiger partial charge in [0.25, 0.3) is 5.91 Å². The van der Waals surface area contributed by atoms with Crippen LogP contribution in [0.25, 0.3) is 0 Å². The van der Waals surface area contributed by atoms with Gasteiger partial charge in [-0.05, 0) is 54.8 Å². The average Bonchev–Trinajstić information content (AvgIpc) is 3.17. The fourth-order valence-corrected chi connectivity index (χ4v) is 2.92. The van der Waals surface area contributed by atoms with E-state index in [9.17, 15) is 9.59 Å². The molecule has 2 aromatic carbocycles. The zero-order valence-electron chi connectivity index (χ0n) is 16.0. The third-order valence-electron chi connectivity index (χ3n) is 4.21. The minimum absolute atomic E-state index is 0.169. The van der Waals surface area contributed by atoms with Gasteiger partial charge >= 0.3 is 5.97 Å². The fourth-order valence-electron chi connectivity index (χ4n) is 2.69. The Hall–Kier alpha value is -2.93. The van der Waals surface area contributed by atoms with E-state index < -0.39 is 5.97 Å². The van der Waals surface area contributed by atoms with Gasteiger partial charge in [-0.3, -0.25) is 9.59 Å². The highest BCUT2D eigenvalue weighted by molar-refractivity contribution is 6.30. The molecule has 1 heterocycles. The molecular formula is C21H22ClNO6.